The fraction of sp³-hybridized carbons (Fsp3) is 0.185. The molecule has 2 aromatic carbocycles. The number of amides is 1. The molecule has 8 nitrogen and oxygen atoms in total. The van der Waals surface area contributed by atoms with E-state index in [9.17, 15) is 14.4 Å². The molecule has 1 aliphatic rings. The summed E-state index contributed by atoms with van der Waals surface area (Å²) in [5, 5.41) is 15.7. The summed E-state index contributed by atoms with van der Waals surface area (Å²) in [5.41, 5.74) is 3.85. The van der Waals surface area contributed by atoms with Crippen LogP contribution in [0, 0.1) is 6.92 Å². The summed E-state index contributed by atoms with van der Waals surface area (Å²) in [6.07, 6.45) is 1.25. The summed E-state index contributed by atoms with van der Waals surface area (Å²) in [5.74, 6) is -0.997. The van der Waals surface area contributed by atoms with Gasteiger partial charge in [-0.25, -0.2) is 5.01 Å². The minimum Gasteiger partial charge on any atom is -0.481 e. The van der Waals surface area contributed by atoms with Crippen LogP contribution >= 0.6 is 0 Å². The van der Waals surface area contributed by atoms with Gasteiger partial charge in [0.1, 0.15) is 11.8 Å². The van der Waals surface area contributed by atoms with Crippen LogP contribution in [0.25, 0.3) is 22.0 Å². The molecule has 3 heterocycles. The maximum absolute atomic E-state index is 13.5. The van der Waals surface area contributed by atoms with Crippen molar-refractivity contribution in [1.82, 2.24) is 9.99 Å². The van der Waals surface area contributed by atoms with E-state index >= 15 is 0 Å². The van der Waals surface area contributed by atoms with Crippen LogP contribution in [0.4, 0.5) is 0 Å². The highest BCUT2D eigenvalue weighted by molar-refractivity contribution is 6.12. The average Bonchev–Trinajstić information content (AvgIpc) is 3.52. The van der Waals surface area contributed by atoms with Gasteiger partial charge in [-0.3, -0.25) is 14.4 Å². The Hall–Kier alpha value is -4.46. The van der Waals surface area contributed by atoms with Crippen LogP contribution in [-0.4, -0.2) is 32.7 Å². The first-order valence-electron chi connectivity index (χ1n) is 11.3. The monoisotopic (exact) mass is 469 g/mol. The number of pyridine rings is 1. The van der Waals surface area contributed by atoms with E-state index in [2.05, 4.69) is 10.1 Å². The Labute approximate surface area is 200 Å². The maximum atomic E-state index is 13.5. The Bertz CT molecular complexity index is 1500. The summed E-state index contributed by atoms with van der Waals surface area (Å²) in [7, 11) is 0. The lowest BCUT2D eigenvalue weighted by Crippen LogP contribution is -2.27. The van der Waals surface area contributed by atoms with Crippen LogP contribution in [0.15, 0.2) is 81.2 Å². The zero-order valence-corrected chi connectivity index (χ0v) is 19.0. The quantitative estimate of drug-likeness (QED) is 0.427. The van der Waals surface area contributed by atoms with Crippen molar-refractivity contribution >= 4 is 28.5 Å². The van der Waals surface area contributed by atoms with Crippen molar-refractivity contribution < 1.29 is 19.1 Å². The SMILES string of the molecule is Cc1ccc2c(-c3ccccc3)c(C3=NN(C(=O)CCC(=O)O)[C@H](c4ccco4)C3)c(=O)[nH]c2c1. The van der Waals surface area contributed by atoms with E-state index in [1.807, 2.05) is 55.5 Å². The van der Waals surface area contributed by atoms with Crippen molar-refractivity contribution in [2.24, 2.45) is 5.10 Å². The predicted molar refractivity (Wildman–Crippen MR) is 131 cm³/mol. The van der Waals surface area contributed by atoms with Crippen molar-refractivity contribution in [2.45, 2.75) is 32.2 Å². The van der Waals surface area contributed by atoms with E-state index in [-0.39, 0.29) is 24.8 Å². The number of aliphatic carboxylic acids is 1. The molecule has 0 spiro atoms. The van der Waals surface area contributed by atoms with E-state index < -0.39 is 17.9 Å². The molecule has 2 aromatic heterocycles. The van der Waals surface area contributed by atoms with Crippen molar-refractivity contribution in [3.63, 3.8) is 0 Å². The molecule has 0 fully saturated rings. The van der Waals surface area contributed by atoms with Crippen LogP contribution in [0.2, 0.25) is 0 Å². The Kier molecular flexibility index (Phi) is 5.78. The maximum Gasteiger partial charge on any atom is 0.303 e. The van der Waals surface area contributed by atoms with Crippen molar-refractivity contribution in [3.05, 3.63) is 94.2 Å². The normalized spacial score (nSPS) is 15.4. The third-order valence-electron chi connectivity index (χ3n) is 6.11. The second-order valence-electron chi connectivity index (χ2n) is 8.53. The molecule has 2 N–H and O–H groups in total. The summed E-state index contributed by atoms with van der Waals surface area (Å²) >= 11 is 0. The van der Waals surface area contributed by atoms with Gasteiger partial charge in [0.15, 0.2) is 0 Å². The lowest BCUT2D eigenvalue weighted by Gasteiger charge is -2.19. The third-order valence-corrected chi connectivity index (χ3v) is 6.11. The first kappa shape index (κ1) is 22.3. The van der Waals surface area contributed by atoms with E-state index in [0.717, 1.165) is 22.1 Å². The van der Waals surface area contributed by atoms with Gasteiger partial charge >= 0.3 is 5.97 Å². The van der Waals surface area contributed by atoms with Crippen LogP contribution in [0.3, 0.4) is 0 Å². The molecular weight excluding hydrogens is 446 g/mol. The van der Waals surface area contributed by atoms with Gasteiger partial charge in [-0.2, -0.15) is 5.10 Å². The van der Waals surface area contributed by atoms with Crippen molar-refractivity contribution in [2.75, 3.05) is 0 Å². The minimum absolute atomic E-state index is 0.206. The number of rotatable bonds is 6. The number of benzene rings is 2. The number of aryl methyl sites for hydroxylation is 1. The zero-order chi connectivity index (χ0) is 24.5. The number of hydrogen-bond acceptors (Lipinski definition) is 5. The lowest BCUT2D eigenvalue weighted by molar-refractivity contribution is -0.141. The molecule has 0 unspecified atom stereocenters. The standard InChI is InChI=1S/C27H23N3O5/c1-16-9-10-18-19(14-16)28-27(34)26(25(18)17-6-3-2-4-7-17)20-15-21(22-8-5-13-35-22)30(29-20)23(31)11-12-24(32)33/h2-10,13-14,21H,11-12,15H2,1H3,(H,28,34)(H,32,33)/t21-/m0/s1. The van der Waals surface area contributed by atoms with Gasteiger partial charge in [0.05, 0.1) is 24.0 Å². The highest BCUT2D eigenvalue weighted by Gasteiger charge is 2.36. The summed E-state index contributed by atoms with van der Waals surface area (Å²) in [6.45, 7) is 1.96. The van der Waals surface area contributed by atoms with Gasteiger partial charge < -0.3 is 14.5 Å². The van der Waals surface area contributed by atoms with Crippen LogP contribution in [0.5, 0.6) is 0 Å². The van der Waals surface area contributed by atoms with Gasteiger partial charge in [-0.15, -0.1) is 0 Å². The number of carboxylic acid groups (broad SMARTS) is 1. The zero-order valence-electron chi connectivity index (χ0n) is 19.0. The first-order chi connectivity index (χ1) is 16.9. The molecule has 0 saturated carbocycles. The number of carbonyl (C=O) groups excluding carboxylic acids is 1. The predicted octanol–water partition coefficient (Wildman–Crippen LogP) is 4.64. The molecular formula is C27H23N3O5. The topological polar surface area (TPSA) is 116 Å². The van der Waals surface area contributed by atoms with Gasteiger partial charge in [0.25, 0.3) is 5.56 Å². The van der Waals surface area contributed by atoms with Gasteiger partial charge in [0, 0.05) is 29.3 Å². The number of aromatic amines is 1. The Balaban J connectivity index is 1.69. The third kappa shape index (κ3) is 4.26. The lowest BCUT2D eigenvalue weighted by atomic mass is 9.91. The fourth-order valence-corrected chi connectivity index (χ4v) is 4.51. The van der Waals surface area contributed by atoms with Gasteiger partial charge in [-0.05, 0) is 36.2 Å². The molecule has 1 amide bonds. The Morgan fingerprint density at radius 2 is 1.89 bits per heavy atom. The molecule has 0 radical (unpaired) electrons. The molecule has 1 atom stereocenters. The van der Waals surface area contributed by atoms with Crippen molar-refractivity contribution in [3.8, 4) is 11.1 Å². The second kappa shape index (κ2) is 9.06. The number of hydrazone groups is 1. The molecule has 0 saturated heterocycles. The number of hydrogen-bond donors (Lipinski definition) is 2. The number of carboxylic acids is 1. The largest absolute Gasteiger partial charge is 0.481 e. The van der Waals surface area contributed by atoms with E-state index in [1.165, 1.54) is 11.3 Å². The average molecular weight is 469 g/mol. The van der Waals surface area contributed by atoms with Gasteiger partial charge in [0.2, 0.25) is 5.91 Å². The molecule has 35 heavy (non-hydrogen) atoms. The minimum atomic E-state index is -1.07. The number of aromatic nitrogens is 1. The molecule has 1 aliphatic heterocycles. The van der Waals surface area contributed by atoms with E-state index in [4.69, 9.17) is 9.52 Å². The summed E-state index contributed by atoms with van der Waals surface area (Å²) in [6, 6.07) is 18.4. The number of furan rings is 1. The van der Waals surface area contributed by atoms with Crippen molar-refractivity contribution in [1.29, 1.82) is 0 Å². The molecule has 4 aromatic rings. The number of carbonyl (C=O) groups is 2. The van der Waals surface area contributed by atoms with E-state index in [1.54, 1.807) is 12.1 Å². The molecule has 176 valence electrons. The summed E-state index contributed by atoms with van der Waals surface area (Å²) in [4.78, 5) is 40.4. The van der Waals surface area contributed by atoms with Crippen LogP contribution in [-0.2, 0) is 9.59 Å². The smallest absolute Gasteiger partial charge is 0.303 e. The highest BCUT2D eigenvalue weighted by atomic mass is 16.4. The first-order valence-corrected chi connectivity index (χ1v) is 11.3. The fourth-order valence-electron chi connectivity index (χ4n) is 4.51. The number of fused-ring (bicyclic) bond motifs is 1. The Morgan fingerprint density at radius 3 is 2.60 bits per heavy atom. The molecule has 0 aliphatic carbocycles. The second-order valence-corrected chi connectivity index (χ2v) is 8.53. The molecule has 5 rings (SSSR count). The number of nitrogens with one attached hydrogen (secondary N) is 1. The molecule has 0 bridgehead atoms. The molecule has 8 heteroatoms. The highest BCUT2D eigenvalue weighted by Crippen LogP contribution is 2.37. The van der Waals surface area contributed by atoms with E-state index in [0.29, 0.717) is 22.6 Å². The van der Waals surface area contributed by atoms with Crippen LogP contribution in [0.1, 0.15) is 42.2 Å². The summed E-state index contributed by atoms with van der Waals surface area (Å²) < 4.78 is 5.57. The van der Waals surface area contributed by atoms with Gasteiger partial charge in [-0.1, -0.05) is 42.5 Å². The number of H-pyrrole nitrogens is 1. The Morgan fingerprint density at radius 1 is 1.09 bits per heavy atom. The number of nitrogens with zero attached hydrogens (tertiary/aromatic N) is 2. The van der Waals surface area contributed by atoms with Crippen LogP contribution < -0.4 is 5.56 Å².